The van der Waals surface area contributed by atoms with E-state index in [4.69, 9.17) is 15.2 Å². The Balaban J connectivity index is 1.33. The summed E-state index contributed by atoms with van der Waals surface area (Å²) in [4.78, 5) is 0. The largest absolute Gasteiger partial charge is 0.376 e. The van der Waals surface area contributed by atoms with E-state index in [-0.39, 0.29) is 6.04 Å². The smallest absolute Gasteiger partial charge is 0.0717 e. The maximum atomic E-state index is 6.11. The van der Waals surface area contributed by atoms with E-state index in [9.17, 15) is 0 Å². The van der Waals surface area contributed by atoms with Crippen molar-refractivity contribution < 1.29 is 9.47 Å². The van der Waals surface area contributed by atoms with Crippen LogP contribution in [-0.4, -0.2) is 19.3 Å². The van der Waals surface area contributed by atoms with Gasteiger partial charge in [-0.2, -0.15) is 0 Å². The molecule has 0 heterocycles. The highest BCUT2D eigenvalue weighted by Gasteiger charge is 2.47. The number of hydrogen-bond acceptors (Lipinski definition) is 3. The van der Waals surface area contributed by atoms with Gasteiger partial charge in [0.15, 0.2) is 0 Å². The van der Waals surface area contributed by atoms with Gasteiger partial charge in [-0.1, -0.05) is 60.7 Å². The molecule has 3 heteroatoms. The summed E-state index contributed by atoms with van der Waals surface area (Å²) >= 11 is 0. The molecule has 1 fully saturated rings. The summed E-state index contributed by atoms with van der Waals surface area (Å²) in [6.45, 7) is 2.74. The van der Waals surface area contributed by atoms with Crippen molar-refractivity contribution in [2.24, 2.45) is 17.6 Å². The van der Waals surface area contributed by atoms with Crippen LogP contribution in [0, 0.1) is 11.8 Å². The lowest BCUT2D eigenvalue weighted by atomic mass is 10.2. The molecule has 2 aromatic carbocycles. The van der Waals surface area contributed by atoms with Gasteiger partial charge in [0.2, 0.25) is 0 Å². The van der Waals surface area contributed by atoms with Gasteiger partial charge in [0.05, 0.1) is 26.4 Å². The molecule has 116 valence electrons. The number of rotatable bonds is 8. The zero-order valence-corrected chi connectivity index (χ0v) is 12.7. The molecule has 0 aliphatic heterocycles. The molecule has 0 spiro atoms. The number of hydrogen-bond donors (Lipinski definition) is 1. The van der Waals surface area contributed by atoms with Crippen molar-refractivity contribution in [3.63, 3.8) is 0 Å². The molecule has 3 atom stereocenters. The van der Waals surface area contributed by atoms with E-state index < -0.39 is 0 Å². The first-order valence-electron chi connectivity index (χ1n) is 7.83. The van der Waals surface area contributed by atoms with E-state index in [1.165, 1.54) is 11.1 Å². The van der Waals surface area contributed by atoms with Crippen LogP contribution < -0.4 is 5.73 Å². The van der Waals surface area contributed by atoms with Crippen LogP contribution in [0.25, 0.3) is 0 Å². The molecule has 0 amide bonds. The maximum Gasteiger partial charge on any atom is 0.0717 e. The molecule has 2 aromatic rings. The fourth-order valence-corrected chi connectivity index (χ4v) is 2.72. The van der Waals surface area contributed by atoms with Crippen LogP contribution in [-0.2, 0) is 22.7 Å². The fourth-order valence-electron chi connectivity index (χ4n) is 2.72. The van der Waals surface area contributed by atoms with Crippen LogP contribution in [0.1, 0.15) is 11.1 Å². The first-order chi connectivity index (χ1) is 10.8. The highest BCUT2D eigenvalue weighted by atomic mass is 16.5. The Kier molecular flexibility index (Phi) is 5.22. The lowest BCUT2D eigenvalue weighted by Gasteiger charge is -2.05. The summed E-state index contributed by atoms with van der Waals surface area (Å²) in [6.07, 6.45) is 0. The minimum absolute atomic E-state index is 0.214. The standard InChI is InChI=1S/C19H23NO2/c20-19-17(13-21-11-15-7-3-1-4-8-15)18(19)14-22-12-16-9-5-2-6-10-16/h1-10,17-19H,11-14,20H2/t17-,18+,19?. The zero-order valence-electron chi connectivity index (χ0n) is 12.7. The van der Waals surface area contributed by atoms with Gasteiger partial charge in [0.25, 0.3) is 0 Å². The monoisotopic (exact) mass is 297 g/mol. The van der Waals surface area contributed by atoms with Crippen LogP contribution in [0.15, 0.2) is 60.7 Å². The van der Waals surface area contributed by atoms with Gasteiger partial charge in [-0.3, -0.25) is 0 Å². The van der Waals surface area contributed by atoms with Crippen molar-refractivity contribution in [2.75, 3.05) is 13.2 Å². The second-order valence-corrected chi connectivity index (χ2v) is 5.91. The van der Waals surface area contributed by atoms with E-state index in [0.29, 0.717) is 25.0 Å². The van der Waals surface area contributed by atoms with Gasteiger partial charge in [0, 0.05) is 17.9 Å². The van der Waals surface area contributed by atoms with Gasteiger partial charge < -0.3 is 15.2 Å². The van der Waals surface area contributed by atoms with E-state index in [2.05, 4.69) is 24.3 Å². The van der Waals surface area contributed by atoms with Crippen molar-refractivity contribution in [1.82, 2.24) is 0 Å². The molecule has 1 saturated carbocycles. The van der Waals surface area contributed by atoms with Crippen molar-refractivity contribution in [3.05, 3.63) is 71.8 Å². The Morgan fingerprint density at radius 1 is 0.682 bits per heavy atom. The summed E-state index contributed by atoms with van der Waals surface area (Å²) in [6, 6.07) is 20.7. The predicted octanol–water partition coefficient (Wildman–Crippen LogP) is 2.99. The molecule has 1 aliphatic carbocycles. The maximum absolute atomic E-state index is 6.11. The third kappa shape index (κ3) is 4.17. The van der Waals surface area contributed by atoms with Crippen molar-refractivity contribution in [1.29, 1.82) is 0 Å². The topological polar surface area (TPSA) is 44.5 Å². The van der Waals surface area contributed by atoms with E-state index in [1.807, 2.05) is 36.4 Å². The fraction of sp³-hybridized carbons (Fsp3) is 0.368. The second kappa shape index (κ2) is 7.54. The number of nitrogens with two attached hydrogens (primary N) is 1. The number of benzene rings is 2. The summed E-state index contributed by atoms with van der Waals surface area (Å²) < 4.78 is 11.5. The van der Waals surface area contributed by atoms with Gasteiger partial charge in [0.1, 0.15) is 0 Å². The summed E-state index contributed by atoms with van der Waals surface area (Å²) in [5.74, 6) is 0.860. The van der Waals surface area contributed by atoms with E-state index in [0.717, 1.165) is 13.2 Å². The van der Waals surface area contributed by atoms with E-state index in [1.54, 1.807) is 0 Å². The van der Waals surface area contributed by atoms with Crippen LogP contribution in [0.4, 0.5) is 0 Å². The predicted molar refractivity (Wildman–Crippen MR) is 87.2 cm³/mol. The Morgan fingerprint density at radius 3 is 1.50 bits per heavy atom. The Bertz CT molecular complexity index is 507. The van der Waals surface area contributed by atoms with Crippen molar-refractivity contribution in [3.8, 4) is 0 Å². The lowest BCUT2D eigenvalue weighted by molar-refractivity contribution is 0.0840. The molecule has 1 aliphatic rings. The van der Waals surface area contributed by atoms with Gasteiger partial charge in [-0.25, -0.2) is 0 Å². The highest BCUT2D eigenvalue weighted by Crippen LogP contribution is 2.37. The molecule has 3 rings (SSSR count). The quantitative estimate of drug-likeness (QED) is 0.814. The van der Waals surface area contributed by atoms with E-state index >= 15 is 0 Å². The number of ether oxygens (including phenoxy) is 2. The molecule has 0 aromatic heterocycles. The normalized spacial score (nSPS) is 23.4. The molecule has 22 heavy (non-hydrogen) atoms. The Labute approximate surface area is 132 Å². The summed E-state index contributed by atoms with van der Waals surface area (Å²) in [5, 5.41) is 0. The van der Waals surface area contributed by atoms with Crippen LogP contribution in [0.2, 0.25) is 0 Å². The minimum Gasteiger partial charge on any atom is -0.376 e. The van der Waals surface area contributed by atoms with Gasteiger partial charge >= 0.3 is 0 Å². The van der Waals surface area contributed by atoms with Crippen LogP contribution in [0.5, 0.6) is 0 Å². The summed E-state index contributed by atoms with van der Waals surface area (Å²) in [7, 11) is 0. The molecule has 1 unspecified atom stereocenters. The van der Waals surface area contributed by atoms with Crippen molar-refractivity contribution in [2.45, 2.75) is 19.3 Å². The Hall–Kier alpha value is -1.68. The molecule has 2 N–H and O–H groups in total. The zero-order chi connectivity index (χ0) is 15.2. The van der Waals surface area contributed by atoms with Gasteiger partial charge in [-0.05, 0) is 11.1 Å². The minimum atomic E-state index is 0.214. The lowest BCUT2D eigenvalue weighted by Crippen LogP contribution is -2.08. The van der Waals surface area contributed by atoms with Crippen molar-refractivity contribution >= 4 is 0 Å². The highest BCUT2D eigenvalue weighted by molar-refractivity contribution is 5.14. The Morgan fingerprint density at radius 2 is 1.09 bits per heavy atom. The van der Waals surface area contributed by atoms with Crippen LogP contribution in [0.3, 0.4) is 0 Å². The average molecular weight is 297 g/mol. The molecule has 0 saturated heterocycles. The second-order valence-electron chi connectivity index (χ2n) is 5.91. The van der Waals surface area contributed by atoms with Gasteiger partial charge in [-0.15, -0.1) is 0 Å². The molecule has 0 radical (unpaired) electrons. The molecule has 3 nitrogen and oxygen atoms in total. The first-order valence-corrected chi connectivity index (χ1v) is 7.83. The molecule has 0 bridgehead atoms. The third-order valence-electron chi connectivity index (χ3n) is 4.24. The average Bonchev–Trinajstić information content (AvgIpc) is 3.18. The molecular weight excluding hydrogens is 274 g/mol. The third-order valence-corrected chi connectivity index (χ3v) is 4.24. The molecular formula is C19H23NO2. The first kappa shape index (κ1) is 15.2. The van der Waals surface area contributed by atoms with Crippen LogP contribution >= 0.6 is 0 Å². The SMILES string of the molecule is NC1[C@@H](COCc2ccccc2)[C@H]1COCc1ccccc1. The summed E-state index contributed by atoms with van der Waals surface area (Å²) in [5.41, 5.74) is 8.51.